The van der Waals surface area contributed by atoms with Crippen LogP contribution in [0, 0.1) is 0 Å². The van der Waals surface area contributed by atoms with Crippen LogP contribution < -0.4 is 5.76 Å². The summed E-state index contributed by atoms with van der Waals surface area (Å²) in [5, 5.41) is 8.96. The van der Waals surface area contributed by atoms with E-state index in [2.05, 4.69) is 0 Å². The lowest BCUT2D eigenvalue weighted by atomic mass is 10.2. The monoisotopic (exact) mass is 207 g/mol. The van der Waals surface area contributed by atoms with Gasteiger partial charge in [0.25, 0.3) is 0 Å². The smallest absolute Gasteiger partial charge is 0.408 e. The second-order valence-electron chi connectivity index (χ2n) is 3.79. The molecular weight excluding hydrogens is 194 g/mol. The molecule has 4 nitrogen and oxygen atoms in total. The van der Waals surface area contributed by atoms with Gasteiger partial charge in [-0.15, -0.1) is 0 Å². The van der Waals surface area contributed by atoms with Gasteiger partial charge in [0.1, 0.15) is 0 Å². The minimum atomic E-state index is -0.352. The summed E-state index contributed by atoms with van der Waals surface area (Å²) in [6.07, 6.45) is 0. The Morgan fingerprint density at radius 1 is 1.47 bits per heavy atom. The highest BCUT2D eigenvalue weighted by Gasteiger charge is 2.11. The third-order valence-electron chi connectivity index (χ3n) is 2.38. The summed E-state index contributed by atoms with van der Waals surface area (Å²) < 4.78 is 6.69. The molecule has 1 aromatic carbocycles. The van der Waals surface area contributed by atoms with Crippen molar-refractivity contribution in [1.29, 1.82) is 0 Å². The van der Waals surface area contributed by atoms with Gasteiger partial charge in [-0.25, -0.2) is 4.79 Å². The maximum Gasteiger partial charge on any atom is 0.420 e. The number of hydrogen-bond donors (Lipinski definition) is 1. The lowest BCUT2D eigenvalue weighted by Gasteiger charge is -2.04. The maximum atomic E-state index is 11.5. The van der Waals surface area contributed by atoms with Gasteiger partial charge in [0.15, 0.2) is 5.58 Å². The largest absolute Gasteiger partial charge is 0.420 e. The van der Waals surface area contributed by atoms with Gasteiger partial charge in [-0.3, -0.25) is 4.57 Å². The predicted molar refractivity (Wildman–Crippen MR) is 56.8 cm³/mol. The summed E-state index contributed by atoms with van der Waals surface area (Å²) in [7, 11) is 0. The average Bonchev–Trinajstić information content (AvgIpc) is 2.52. The highest BCUT2D eigenvalue weighted by molar-refractivity contribution is 5.73. The van der Waals surface area contributed by atoms with Crippen LogP contribution in [0.1, 0.15) is 25.5 Å². The fourth-order valence-corrected chi connectivity index (χ4v) is 1.67. The molecule has 0 spiro atoms. The van der Waals surface area contributed by atoms with Gasteiger partial charge in [-0.1, -0.05) is 6.07 Å². The Hall–Kier alpha value is -1.55. The normalized spacial score (nSPS) is 11.5. The maximum absolute atomic E-state index is 11.5. The lowest BCUT2D eigenvalue weighted by molar-refractivity contribution is 0.282. The molecule has 2 aromatic rings. The van der Waals surface area contributed by atoms with Crippen molar-refractivity contribution in [1.82, 2.24) is 4.57 Å². The van der Waals surface area contributed by atoms with Crippen LogP contribution in [-0.2, 0) is 6.61 Å². The fourth-order valence-electron chi connectivity index (χ4n) is 1.67. The Morgan fingerprint density at radius 2 is 2.20 bits per heavy atom. The molecular formula is C11H13NO3. The number of rotatable bonds is 2. The lowest BCUT2D eigenvalue weighted by Crippen LogP contribution is -2.15. The predicted octanol–water partition coefficient (Wildman–Crippen LogP) is 1.67. The number of aliphatic hydroxyl groups is 1. The van der Waals surface area contributed by atoms with E-state index in [9.17, 15) is 4.79 Å². The molecule has 0 saturated heterocycles. The first-order valence-electron chi connectivity index (χ1n) is 4.88. The molecule has 0 radical (unpaired) electrons. The molecule has 0 saturated carbocycles. The van der Waals surface area contributed by atoms with E-state index in [0.29, 0.717) is 5.58 Å². The number of benzene rings is 1. The van der Waals surface area contributed by atoms with Gasteiger partial charge in [-0.2, -0.15) is 0 Å². The second-order valence-corrected chi connectivity index (χ2v) is 3.79. The number of oxazole rings is 1. The Kier molecular flexibility index (Phi) is 2.36. The molecule has 0 atom stereocenters. The molecule has 4 heteroatoms. The SMILES string of the molecule is CC(C)n1c(=O)oc2cc(CO)ccc21. The van der Waals surface area contributed by atoms with Crippen molar-refractivity contribution in [2.45, 2.75) is 26.5 Å². The van der Waals surface area contributed by atoms with Gasteiger partial charge in [0.05, 0.1) is 12.1 Å². The zero-order valence-electron chi connectivity index (χ0n) is 8.73. The van der Waals surface area contributed by atoms with Crippen molar-refractivity contribution in [3.8, 4) is 0 Å². The van der Waals surface area contributed by atoms with Gasteiger partial charge >= 0.3 is 5.76 Å². The second kappa shape index (κ2) is 3.55. The molecule has 0 aliphatic rings. The summed E-state index contributed by atoms with van der Waals surface area (Å²) in [5.41, 5.74) is 2.04. The summed E-state index contributed by atoms with van der Waals surface area (Å²) in [6.45, 7) is 3.80. The van der Waals surface area contributed by atoms with Crippen LogP contribution in [0.3, 0.4) is 0 Å². The van der Waals surface area contributed by atoms with Gasteiger partial charge in [-0.05, 0) is 31.5 Å². The first-order valence-corrected chi connectivity index (χ1v) is 4.88. The summed E-state index contributed by atoms with van der Waals surface area (Å²) in [6, 6.07) is 5.34. The topological polar surface area (TPSA) is 55.4 Å². The van der Waals surface area contributed by atoms with Crippen LogP contribution in [0.4, 0.5) is 0 Å². The Morgan fingerprint density at radius 3 is 2.80 bits per heavy atom. The number of aliphatic hydroxyl groups excluding tert-OH is 1. The zero-order chi connectivity index (χ0) is 11.0. The van der Waals surface area contributed by atoms with Crippen molar-refractivity contribution >= 4 is 11.1 Å². The molecule has 1 N–H and O–H groups in total. The molecule has 80 valence electrons. The summed E-state index contributed by atoms with van der Waals surface area (Å²) >= 11 is 0. The van der Waals surface area contributed by atoms with E-state index in [0.717, 1.165) is 11.1 Å². The first kappa shape index (κ1) is 9.98. The van der Waals surface area contributed by atoms with Crippen molar-refractivity contribution < 1.29 is 9.52 Å². The van der Waals surface area contributed by atoms with Gasteiger partial charge in [0, 0.05) is 6.04 Å². The zero-order valence-corrected chi connectivity index (χ0v) is 8.73. The number of nitrogens with zero attached hydrogens (tertiary/aromatic N) is 1. The van der Waals surface area contributed by atoms with Crippen LogP contribution in [-0.4, -0.2) is 9.67 Å². The van der Waals surface area contributed by atoms with E-state index in [4.69, 9.17) is 9.52 Å². The molecule has 0 fully saturated rings. The third kappa shape index (κ3) is 1.57. The van der Waals surface area contributed by atoms with Crippen LogP contribution in [0.2, 0.25) is 0 Å². The van der Waals surface area contributed by atoms with E-state index in [-0.39, 0.29) is 18.4 Å². The van der Waals surface area contributed by atoms with Crippen LogP contribution in [0.25, 0.3) is 11.1 Å². The van der Waals surface area contributed by atoms with Crippen molar-refractivity contribution in [2.24, 2.45) is 0 Å². The van der Waals surface area contributed by atoms with Gasteiger partial charge in [0.2, 0.25) is 0 Å². The Balaban J connectivity index is 2.74. The van der Waals surface area contributed by atoms with Crippen molar-refractivity contribution in [3.63, 3.8) is 0 Å². The number of aromatic nitrogens is 1. The standard InChI is InChI=1S/C11H13NO3/c1-7(2)12-9-4-3-8(6-13)5-10(9)15-11(12)14/h3-5,7,13H,6H2,1-2H3. The number of fused-ring (bicyclic) bond motifs is 1. The molecule has 0 bridgehead atoms. The number of hydrogen-bond acceptors (Lipinski definition) is 3. The molecule has 1 heterocycles. The van der Waals surface area contributed by atoms with E-state index >= 15 is 0 Å². The first-order chi connectivity index (χ1) is 7.13. The average molecular weight is 207 g/mol. The van der Waals surface area contributed by atoms with Crippen LogP contribution in [0.15, 0.2) is 27.4 Å². The van der Waals surface area contributed by atoms with Crippen LogP contribution >= 0.6 is 0 Å². The molecule has 0 aliphatic carbocycles. The third-order valence-corrected chi connectivity index (χ3v) is 2.38. The highest BCUT2D eigenvalue weighted by atomic mass is 16.4. The minimum absolute atomic E-state index is 0.0491. The highest BCUT2D eigenvalue weighted by Crippen LogP contribution is 2.18. The van der Waals surface area contributed by atoms with E-state index in [1.54, 1.807) is 22.8 Å². The molecule has 2 rings (SSSR count). The van der Waals surface area contributed by atoms with Crippen LogP contribution in [0.5, 0.6) is 0 Å². The van der Waals surface area contributed by atoms with E-state index in [1.807, 2.05) is 13.8 Å². The van der Waals surface area contributed by atoms with Crippen molar-refractivity contribution in [3.05, 3.63) is 34.3 Å². The summed E-state index contributed by atoms with van der Waals surface area (Å²) in [5.74, 6) is -0.352. The molecule has 0 amide bonds. The van der Waals surface area contributed by atoms with Crippen molar-refractivity contribution in [2.75, 3.05) is 0 Å². The molecule has 1 aromatic heterocycles. The summed E-state index contributed by atoms with van der Waals surface area (Å²) in [4.78, 5) is 11.5. The van der Waals surface area contributed by atoms with E-state index in [1.165, 1.54) is 0 Å². The molecule has 0 aliphatic heterocycles. The Labute approximate surface area is 86.8 Å². The Bertz CT molecular complexity index is 536. The molecule has 15 heavy (non-hydrogen) atoms. The van der Waals surface area contributed by atoms with Gasteiger partial charge < -0.3 is 9.52 Å². The van der Waals surface area contributed by atoms with E-state index < -0.39 is 0 Å². The fraction of sp³-hybridized carbons (Fsp3) is 0.364. The minimum Gasteiger partial charge on any atom is -0.408 e. The molecule has 0 unspecified atom stereocenters. The quantitative estimate of drug-likeness (QED) is 0.814.